The first-order chi connectivity index (χ1) is 24.2. The lowest BCUT2D eigenvalue weighted by Crippen LogP contribution is -2.41. The Bertz CT molecular complexity index is 1730. The van der Waals surface area contributed by atoms with E-state index in [1.165, 1.54) is 0 Å². The molecular weight excluding hydrogens is 728 g/mol. The minimum absolute atomic E-state index is 0.00476. The molecular formula is C32H34ClF6N7O6. The van der Waals surface area contributed by atoms with Crippen LogP contribution in [0.3, 0.4) is 0 Å². The molecule has 1 fully saturated rings. The second-order valence-corrected chi connectivity index (χ2v) is 12.3. The van der Waals surface area contributed by atoms with Crippen molar-refractivity contribution in [2.75, 3.05) is 29.0 Å². The number of nitrogens with one attached hydrogen (secondary N) is 3. The van der Waals surface area contributed by atoms with Crippen LogP contribution in [-0.4, -0.2) is 79.3 Å². The number of hydrogen-bond acceptors (Lipinski definition) is 9. The Morgan fingerprint density at radius 3 is 2.12 bits per heavy atom. The number of rotatable bonds is 4. The van der Waals surface area contributed by atoms with E-state index in [-0.39, 0.29) is 23.7 Å². The number of amides is 2. The summed E-state index contributed by atoms with van der Waals surface area (Å²) in [5.41, 5.74) is 4.46. The first-order valence-corrected chi connectivity index (χ1v) is 15.9. The van der Waals surface area contributed by atoms with E-state index in [2.05, 4.69) is 30.9 Å². The Kier molecular flexibility index (Phi) is 14.1. The van der Waals surface area contributed by atoms with Crippen LogP contribution in [0.5, 0.6) is 0 Å². The Morgan fingerprint density at radius 2 is 1.54 bits per heavy atom. The van der Waals surface area contributed by atoms with Crippen molar-refractivity contribution in [3.05, 3.63) is 59.0 Å². The van der Waals surface area contributed by atoms with Crippen molar-refractivity contribution in [1.82, 2.24) is 19.9 Å². The number of likely N-dealkylation sites (tertiary alicyclic amines) is 1. The minimum Gasteiger partial charge on any atom is -0.475 e. The molecule has 2 amide bonds. The maximum atomic E-state index is 13.0. The van der Waals surface area contributed by atoms with Crippen molar-refractivity contribution in [3.63, 3.8) is 0 Å². The lowest BCUT2D eigenvalue weighted by atomic mass is 9.92. The molecule has 1 aromatic carbocycles. The van der Waals surface area contributed by atoms with Gasteiger partial charge in [0, 0.05) is 43.0 Å². The van der Waals surface area contributed by atoms with E-state index in [1.807, 2.05) is 49.2 Å². The summed E-state index contributed by atoms with van der Waals surface area (Å²) < 4.78 is 63.5. The van der Waals surface area contributed by atoms with E-state index in [4.69, 9.17) is 31.4 Å². The number of hydrogen-bond donors (Lipinski definition) is 5. The number of aryl methyl sites for hydroxylation is 2. The summed E-state index contributed by atoms with van der Waals surface area (Å²) in [5.74, 6) is -4.15. The van der Waals surface area contributed by atoms with Gasteiger partial charge in [-0.05, 0) is 67.0 Å². The molecule has 0 atom stereocenters. The molecule has 52 heavy (non-hydrogen) atoms. The summed E-state index contributed by atoms with van der Waals surface area (Å²) in [6.07, 6.45) is -1.45. The average molecular weight is 762 g/mol. The van der Waals surface area contributed by atoms with Crippen LogP contribution >= 0.6 is 11.6 Å². The number of benzene rings is 1. The summed E-state index contributed by atoms with van der Waals surface area (Å²) in [5, 5.41) is 24.3. The molecule has 282 valence electrons. The Hall–Kier alpha value is -5.20. The summed E-state index contributed by atoms with van der Waals surface area (Å²) >= 11 is 6.36. The first kappa shape index (κ1) is 41.2. The van der Waals surface area contributed by atoms with Crippen molar-refractivity contribution < 1.29 is 55.7 Å². The molecule has 6 bridgehead atoms. The van der Waals surface area contributed by atoms with E-state index in [1.54, 1.807) is 12.4 Å². The molecule has 5 rings (SSSR count). The zero-order valence-corrected chi connectivity index (χ0v) is 28.4. The zero-order chi connectivity index (χ0) is 38.8. The topological polar surface area (TPSA) is 187 Å². The van der Waals surface area contributed by atoms with Gasteiger partial charge < -0.3 is 31.1 Å². The molecule has 0 radical (unpaired) electrons. The molecule has 0 spiro atoms. The number of fused-ring (bicyclic) bond motifs is 6. The molecule has 2 aromatic heterocycles. The molecule has 13 nitrogen and oxygen atoms in total. The number of halogens is 7. The van der Waals surface area contributed by atoms with Crippen molar-refractivity contribution in [3.8, 4) is 0 Å². The number of carboxylic acid groups (broad SMARTS) is 2. The van der Waals surface area contributed by atoms with Gasteiger partial charge in [-0.3, -0.25) is 14.6 Å². The van der Waals surface area contributed by atoms with Gasteiger partial charge in [-0.2, -0.15) is 31.3 Å². The summed E-state index contributed by atoms with van der Waals surface area (Å²) in [4.78, 5) is 58.2. The van der Waals surface area contributed by atoms with Crippen LogP contribution in [0, 0.1) is 11.8 Å². The normalized spacial score (nSPS) is 14.3. The number of aromatic nitrogens is 3. The number of alkyl halides is 6. The lowest BCUT2D eigenvalue weighted by molar-refractivity contribution is -0.193. The Morgan fingerprint density at radius 1 is 0.923 bits per heavy atom. The maximum absolute atomic E-state index is 13.0. The summed E-state index contributed by atoms with van der Waals surface area (Å²) in [7, 11) is 0. The zero-order valence-electron chi connectivity index (χ0n) is 27.6. The number of nitrogens with zero attached hydrogens (tertiary/aromatic N) is 4. The van der Waals surface area contributed by atoms with E-state index in [0.717, 1.165) is 60.5 Å². The Balaban J connectivity index is 0.000000441. The molecule has 20 heteroatoms. The quantitative estimate of drug-likeness (QED) is 0.180. The number of pyridine rings is 1. The maximum Gasteiger partial charge on any atom is 0.490 e. The third-order valence-corrected chi connectivity index (χ3v) is 7.78. The van der Waals surface area contributed by atoms with Gasteiger partial charge in [0.1, 0.15) is 5.02 Å². The second kappa shape index (κ2) is 17.8. The highest BCUT2D eigenvalue weighted by atomic mass is 35.5. The molecule has 0 unspecified atom stereocenters. The number of aliphatic carboxylic acids is 2. The van der Waals surface area contributed by atoms with Gasteiger partial charge in [0.25, 0.3) is 0 Å². The largest absolute Gasteiger partial charge is 0.490 e. The SMILES string of the molecule is CC(C)C(=O)N1CCC(CC(=O)Nc2ccc3cc2CCc2cncc(c2)Nc2ncc(Cl)c(n2)N3)CC1.O=C(O)C(F)(F)F.O=C(O)C(F)(F)F. The molecule has 5 N–H and O–H groups in total. The monoisotopic (exact) mass is 761 g/mol. The molecule has 1 saturated heterocycles. The van der Waals surface area contributed by atoms with Gasteiger partial charge in [0.05, 0.1) is 18.1 Å². The first-order valence-electron chi connectivity index (χ1n) is 15.5. The number of carbonyl (C=O) groups is 4. The average Bonchev–Trinajstić information content (AvgIpc) is 3.06. The van der Waals surface area contributed by atoms with Crippen LogP contribution in [-0.2, 0) is 32.0 Å². The minimum atomic E-state index is -5.08. The van der Waals surface area contributed by atoms with Crippen LogP contribution in [0.1, 0.15) is 44.2 Å². The predicted octanol–water partition coefficient (Wildman–Crippen LogP) is 6.60. The third kappa shape index (κ3) is 12.8. The lowest BCUT2D eigenvalue weighted by Gasteiger charge is -2.32. The summed E-state index contributed by atoms with van der Waals surface area (Å²) in [6, 6.07) is 7.87. The van der Waals surface area contributed by atoms with Crippen LogP contribution in [0.4, 0.5) is 55.2 Å². The van der Waals surface area contributed by atoms with Gasteiger partial charge in [0.2, 0.25) is 17.8 Å². The van der Waals surface area contributed by atoms with E-state index < -0.39 is 24.3 Å². The predicted molar refractivity (Wildman–Crippen MR) is 176 cm³/mol. The van der Waals surface area contributed by atoms with Crippen molar-refractivity contribution >= 4 is 64.2 Å². The van der Waals surface area contributed by atoms with Crippen LogP contribution in [0.2, 0.25) is 5.02 Å². The molecule has 4 heterocycles. The number of carboxylic acids is 2. The third-order valence-electron chi connectivity index (χ3n) is 7.50. The highest BCUT2D eigenvalue weighted by molar-refractivity contribution is 6.32. The smallest absolute Gasteiger partial charge is 0.475 e. The highest BCUT2D eigenvalue weighted by Gasteiger charge is 2.39. The van der Waals surface area contributed by atoms with Gasteiger partial charge in [-0.1, -0.05) is 25.4 Å². The van der Waals surface area contributed by atoms with Crippen LogP contribution in [0.15, 0.2) is 42.9 Å². The molecule has 0 saturated carbocycles. The van der Waals surface area contributed by atoms with Gasteiger partial charge in [0.15, 0.2) is 5.82 Å². The second-order valence-electron chi connectivity index (χ2n) is 11.9. The van der Waals surface area contributed by atoms with Gasteiger partial charge >= 0.3 is 24.3 Å². The fourth-order valence-corrected chi connectivity index (χ4v) is 5.08. The number of anilines is 5. The molecule has 2 aliphatic heterocycles. The Labute approximate surface area is 297 Å². The standard InChI is InChI=1S/C28H32ClN7O2.2C2HF3O2/c1-17(2)27(38)36-9-7-18(8-10-36)12-25(37)34-24-6-5-21-13-20(24)4-3-19-11-22(15-30-14-19)33-28-31-16-23(29)26(32-21)35-28;2*3-2(4,5)1(6)7/h5-6,11,13-18H,3-4,7-10,12H2,1-2H3,(H,34,37)(H2,31,32,33,35);2*(H,6,7). The van der Waals surface area contributed by atoms with Gasteiger partial charge in [-0.25, -0.2) is 14.6 Å². The van der Waals surface area contributed by atoms with Gasteiger partial charge in [-0.15, -0.1) is 0 Å². The van der Waals surface area contributed by atoms with E-state index in [0.29, 0.717) is 29.6 Å². The number of piperidine rings is 1. The van der Waals surface area contributed by atoms with Crippen molar-refractivity contribution in [1.29, 1.82) is 0 Å². The highest BCUT2D eigenvalue weighted by Crippen LogP contribution is 2.30. The number of carbonyl (C=O) groups excluding carboxylic acids is 2. The molecule has 0 aliphatic carbocycles. The summed E-state index contributed by atoms with van der Waals surface area (Å²) in [6.45, 7) is 5.29. The fourth-order valence-electron chi connectivity index (χ4n) is 4.94. The van der Waals surface area contributed by atoms with Crippen molar-refractivity contribution in [2.45, 2.75) is 58.3 Å². The van der Waals surface area contributed by atoms with Crippen LogP contribution in [0.25, 0.3) is 0 Å². The molecule has 3 aromatic rings. The van der Waals surface area contributed by atoms with E-state index >= 15 is 0 Å². The fraction of sp³-hybridized carbons (Fsp3) is 0.406. The van der Waals surface area contributed by atoms with E-state index in [9.17, 15) is 35.9 Å². The van der Waals surface area contributed by atoms with Crippen LogP contribution < -0.4 is 16.0 Å². The molecule has 2 aliphatic rings. The van der Waals surface area contributed by atoms with Crippen molar-refractivity contribution in [2.24, 2.45) is 11.8 Å².